The Kier molecular flexibility index (Phi) is 2.83. The van der Waals surface area contributed by atoms with Gasteiger partial charge in [-0.25, -0.2) is 4.98 Å². The van der Waals surface area contributed by atoms with E-state index in [1.807, 2.05) is 0 Å². The molecule has 1 aromatic rings. The zero-order chi connectivity index (χ0) is 11.1. The molecule has 1 saturated carbocycles. The third-order valence-electron chi connectivity index (χ3n) is 3.53. The number of nitrogens with zero attached hydrogens (tertiary/aromatic N) is 1. The highest BCUT2D eigenvalue weighted by Crippen LogP contribution is 2.48. The van der Waals surface area contributed by atoms with Gasteiger partial charge < -0.3 is 0 Å². The van der Waals surface area contributed by atoms with Gasteiger partial charge in [-0.3, -0.25) is 11.3 Å². The van der Waals surface area contributed by atoms with Crippen molar-refractivity contribution in [2.75, 3.05) is 0 Å². The Morgan fingerprint density at radius 1 is 1.53 bits per heavy atom. The van der Waals surface area contributed by atoms with Gasteiger partial charge in [-0.05, 0) is 32.1 Å². The van der Waals surface area contributed by atoms with E-state index in [2.05, 4.69) is 31.2 Å². The van der Waals surface area contributed by atoms with Gasteiger partial charge >= 0.3 is 0 Å². The minimum absolute atomic E-state index is 0.377. The van der Waals surface area contributed by atoms with Crippen LogP contribution in [0.25, 0.3) is 0 Å². The van der Waals surface area contributed by atoms with Gasteiger partial charge in [-0.2, -0.15) is 0 Å². The molecule has 1 aliphatic carbocycles. The maximum atomic E-state index is 5.62. The van der Waals surface area contributed by atoms with Crippen molar-refractivity contribution in [2.24, 2.45) is 11.3 Å². The van der Waals surface area contributed by atoms with Crippen molar-refractivity contribution >= 4 is 11.3 Å². The maximum Gasteiger partial charge on any atom is 0.0947 e. The zero-order valence-corrected chi connectivity index (χ0v) is 10.4. The molecule has 1 fully saturated rings. The number of nitrogens with two attached hydrogens (primary N) is 1. The number of hydrogen-bond acceptors (Lipinski definition) is 4. The molecule has 0 aromatic carbocycles. The van der Waals surface area contributed by atoms with E-state index in [-0.39, 0.29) is 0 Å². The Hall–Kier alpha value is -0.450. The van der Waals surface area contributed by atoms with Gasteiger partial charge in [0, 0.05) is 17.3 Å². The van der Waals surface area contributed by atoms with Crippen LogP contribution in [0.5, 0.6) is 0 Å². The summed E-state index contributed by atoms with van der Waals surface area (Å²) >= 11 is 1.80. The molecular formula is C11H19N3S. The molecule has 4 heteroatoms. The third-order valence-corrected chi connectivity index (χ3v) is 4.63. The normalized spacial score (nSPS) is 20.3. The third kappa shape index (κ3) is 2.22. The largest absolute Gasteiger partial charge is 0.271 e. The van der Waals surface area contributed by atoms with Crippen LogP contribution in [-0.4, -0.2) is 11.0 Å². The van der Waals surface area contributed by atoms with Gasteiger partial charge in [0.1, 0.15) is 0 Å². The summed E-state index contributed by atoms with van der Waals surface area (Å²) in [4.78, 5) is 5.88. The van der Waals surface area contributed by atoms with Crippen molar-refractivity contribution in [1.82, 2.24) is 10.4 Å². The second kappa shape index (κ2) is 3.85. The number of hydrazine groups is 1. The summed E-state index contributed by atoms with van der Waals surface area (Å²) in [6, 6.07) is 0.377. The summed E-state index contributed by atoms with van der Waals surface area (Å²) < 4.78 is 0. The first-order chi connectivity index (χ1) is 7.05. The smallest absolute Gasteiger partial charge is 0.0947 e. The first-order valence-electron chi connectivity index (χ1n) is 5.44. The molecule has 2 rings (SSSR count). The molecule has 3 nitrogen and oxygen atoms in total. The monoisotopic (exact) mass is 225 g/mol. The minimum Gasteiger partial charge on any atom is -0.271 e. The Morgan fingerprint density at radius 3 is 2.60 bits per heavy atom. The van der Waals surface area contributed by atoms with Crippen LogP contribution in [-0.2, 0) is 6.42 Å². The molecule has 1 unspecified atom stereocenters. The first-order valence-corrected chi connectivity index (χ1v) is 6.26. The van der Waals surface area contributed by atoms with Crippen LogP contribution in [0.2, 0.25) is 0 Å². The van der Waals surface area contributed by atoms with Crippen molar-refractivity contribution < 1.29 is 0 Å². The van der Waals surface area contributed by atoms with Crippen LogP contribution in [0, 0.1) is 19.3 Å². The lowest BCUT2D eigenvalue weighted by Gasteiger charge is -2.21. The quantitative estimate of drug-likeness (QED) is 0.608. The fraction of sp³-hybridized carbons (Fsp3) is 0.727. The van der Waals surface area contributed by atoms with Gasteiger partial charge in [-0.15, -0.1) is 11.3 Å². The van der Waals surface area contributed by atoms with Crippen molar-refractivity contribution in [3.05, 3.63) is 15.6 Å². The molecule has 0 saturated heterocycles. The molecule has 84 valence electrons. The summed E-state index contributed by atoms with van der Waals surface area (Å²) in [5, 5.41) is 1.21. The van der Waals surface area contributed by atoms with E-state index in [1.54, 1.807) is 11.3 Å². The second-order valence-corrected chi connectivity index (χ2v) is 6.11. The van der Waals surface area contributed by atoms with Gasteiger partial charge in [0.15, 0.2) is 0 Å². The Morgan fingerprint density at radius 2 is 2.20 bits per heavy atom. The summed E-state index contributed by atoms with van der Waals surface area (Å²) in [6.07, 6.45) is 3.53. The Bertz CT molecular complexity index is 335. The average Bonchev–Trinajstić information content (AvgIpc) is 2.85. The van der Waals surface area contributed by atoms with Gasteiger partial charge in [0.05, 0.1) is 10.7 Å². The summed E-state index contributed by atoms with van der Waals surface area (Å²) in [5.74, 6) is 5.62. The number of aryl methyl sites for hydroxylation is 2. The second-order valence-electron chi connectivity index (χ2n) is 4.83. The van der Waals surface area contributed by atoms with Crippen molar-refractivity contribution in [2.45, 2.75) is 46.1 Å². The number of hydrogen-bond donors (Lipinski definition) is 2. The average molecular weight is 225 g/mol. The van der Waals surface area contributed by atoms with Crippen LogP contribution in [0.1, 0.15) is 35.3 Å². The number of aromatic nitrogens is 1. The van der Waals surface area contributed by atoms with Gasteiger partial charge in [0.2, 0.25) is 0 Å². The molecule has 1 heterocycles. The lowest BCUT2D eigenvalue weighted by Crippen LogP contribution is -2.42. The van der Waals surface area contributed by atoms with E-state index in [1.165, 1.54) is 22.7 Å². The van der Waals surface area contributed by atoms with Crippen molar-refractivity contribution in [3.8, 4) is 0 Å². The van der Waals surface area contributed by atoms with Gasteiger partial charge in [0.25, 0.3) is 0 Å². The highest BCUT2D eigenvalue weighted by molar-refractivity contribution is 7.11. The maximum absolute atomic E-state index is 5.62. The SMILES string of the molecule is Cc1nc(CC(NN)C2(C)CC2)sc1C. The van der Waals surface area contributed by atoms with E-state index in [0.29, 0.717) is 11.5 Å². The predicted octanol–water partition coefficient (Wildman–Crippen LogP) is 1.93. The van der Waals surface area contributed by atoms with Crippen LogP contribution in [0.15, 0.2) is 0 Å². The molecule has 0 aliphatic heterocycles. The van der Waals surface area contributed by atoms with Gasteiger partial charge in [-0.1, -0.05) is 6.92 Å². The first kappa shape index (κ1) is 11.0. The van der Waals surface area contributed by atoms with Crippen LogP contribution in [0.3, 0.4) is 0 Å². The highest BCUT2D eigenvalue weighted by Gasteiger charge is 2.44. The molecule has 1 atom stereocenters. The lowest BCUT2D eigenvalue weighted by molar-refractivity contribution is 0.359. The number of nitrogens with one attached hydrogen (secondary N) is 1. The van der Waals surface area contributed by atoms with Crippen LogP contribution in [0.4, 0.5) is 0 Å². The minimum atomic E-state index is 0.377. The number of thiazole rings is 1. The topological polar surface area (TPSA) is 50.9 Å². The lowest BCUT2D eigenvalue weighted by atomic mass is 9.97. The molecule has 0 radical (unpaired) electrons. The molecule has 15 heavy (non-hydrogen) atoms. The fourth-order valence-corrected chi connectivity index (χ4v) is 2.83. The number of rotatable bonds is 4. The molecule has 0 bridgehead atoms. The molecular weight excluding hydrogens is 206 g/mol. The Labute approximate surface area is 95.1 Å². The van der Waals surface area contributed by atoms with Crippen LogP contribution < -0.4 is 11.3 Å². The Balaban J connectivity index is 2.06. The van der Waals surface area contributed by atoms with Crippen molar-refractivity contribution in [1.29, 1.82) is 0 Å². The molecule has 1 aromatic heterocycles. The van der Waals surface area contributed by atoms with E-state index in [9.17, 15) is 0 Å². The molecule has 3 N–H and O–H groups in total. The highest BCUT2D eigenvalue weighted by atomic mass is 32.1. The van der Waals surface area contributed by atoms with E-state index < -0.39 is 0 Å². The molecule has 0 spiro atoms. The summed E-state index contributed by atoms with van der Waals surface area (Å²) in [6.45, 7) is 6.49. The standard InChI is InChI=1S/C11H19N3S/c1-7-8(2)15-10(13-7)6-9(14-12)11(3)4-5-11/h9,14H,4-6,12H2,1-3H3. The van der Waals surface area contributed by atoms with E-state index in [4.69, 9.17) is 5.84 Å². The molecule has 0 amide bonds. The summed E-state index contributed by atoms with van der Waals surface area (Å²) in [5.41, 5.74) is 4.51. The van der Waals surface area contributed by atoms with Crippen molar-refractivity contribution in [3.63, 3.8) is 0 Å². The zero-order valence-electron chi connectivity index (χ0n) is 9.63. The van der Waals surface area contributed by atoms with E-state index >= 15 is 0 Å². The fourth-order valence-electron chi connectivity index (χ4n) is 1.85. The van der Waals surface area contributed by atoms with Crippen LogP contribution >= 0.6 is 11.3 Å². The predicted molar refractivity (Wildman–Crippen MR) is 63.7 cm³/mol. The molecule has 1 aliphatic rings. The summed E-state index contributed by atoms with van der Waals surface area (Å²) in [7, 11) is 0. The van der Waals surface area contributed by atoms with E-state index in [0.717, 1.165) is 12.1 Å².